The van der Waals surface area contributed by atoms with E-state index in [2.05, 4.69) is 24.2 Å². The molecule has 1 fully saturated rings. The summed E-state index contributed by atoms with van der Waals surface area (Å²) in [6.45, 7) is 0. The summed E-state index contributed by atoms with van der Waals surface area (Å²) >= 11 is 6.20. The third-order valence-corrected chi connectivity index (χ3v) is 4.69. The molecule has 0 bridgehead atoms. The molecule has 1 aromatic rings. The molecule has 0 heterocycles. The molecule has 0 saturated heterocycles. The molecule has 2 unspecified atom stereocenters. The Morgan fingerprint density at radius 1 is 1.41 bits per heavy atom. The molecule has 2 nitrogen and oxygen atoms in total. The van der Waals surface area contributed by atoms with Crippen LogP contribution >= 0.6 is 24.4 Å². The van der Waals surface area contributed by atoms with Crippen molar-refractivity contribution >= 4 is 30.3 Å². The summed E-state index contributed by atoms with van der Waals surface area (Å²) in [6, 6.07) is 7.75. The van der Waals surface area contributed by atoms with E-state index in [9.17, 15) is 4.79 Å². The number of rotatable bonds is 3. The lowest BCUT2D eigenvalue weighted by atomic mass is 10.2. The van der Waals surface area contributed by atoms with Crippen LogP contribution in [0.25, 0.3) is 0 Å². The van der Waals surface area contributed by atoms with Crippen LogP contribution in [0.3, 0.4) is 0 Å². The van der Waals surface area contributed by atoms with Gasteiger partial charge in [-0.05, 0) is 37.7 Å². The van der Waals surface area contributed by atoms with E-state index in [1.807, 2.05) is 36.0 Å². The fourth-order valence-electron chi connectivity index (χ4n) is 2.21. The number of thioether (sulfide) groups is 1. The number of thiol groups is 1. The maximum absolute atomic E-state index is 12.0. The molecule has 1 saturated carbocycles. The van der Waals surface area contributed by atoms with Gasteiger partial charge in [0, 0.05) is 16.2 Å². The van der Waals surface area contributed by atoms with Gasteiger partial charge in [-0.2, -0.15) is 11.8 Å². The van der Waals surface area contributed by atoms with E-state index in [0.717, 1.165) is 17.7 Å². The predicted octanol–water partition coefficient (Wildman–Crippen LogP) is 2.99. The molecule has 0 aromatic heterocycles. The predicted molar refractivity (Wildman–Crippen MR) is 76.1 cm³/mol. The average molecular weight is 267 g/mol. The lowest BCUT2D eigenvalue weighted by Gasteiger charge is -2.13. The third-order valence-electron chi connectivity index (χ3n) is 3.20. The zero-order valence-corrected chi connectivity index (χ0v) is 11.6. The molecule has 1 amide bonds. The first-order valence-electron chi connectivity index (χ1n) is 5.82. The topological polar surface area (TPSA) is 29.1 Å². The first-order chi connectivity index (χ1) is 8.20. The quantitative estimate of drug-likeness (QED) is 0.824. The summed E-state index contributed by atoms with van der Waals surface area (Å²) in [6.07, 6.45) is 5.51. The molecule has 92 valence electrons. The van der Waals surface area contributed by atoms with Gasteiger partial charge in [0.05, 0.1) is 5.56 Å². The van der Waals surface area contributed by atoms with Crippen molar-refractivity contribution in [3.63, 3.8) is 0 Å². The van der Waals surface area contributed by atoms with Crippen molar-refractivity contribution in [2.24, 2.45) is 0 Å². The number of amides is 1. The summed E-state index contributed by atoms with van der Waals surface area (Å²) in [5, 5.41) is 3.80. The van der Waals surface area contributed by atoms with E-state index in [1.165, 1.54) is 6.42 Å². The molecular weight excluding hydrogens is 250 g/mol. The zero-order valence-electron chi connectivity index (χ0n) is 9.85. The van der Waals surface area contributed by atoms with Gasteiger partial charge in [-0.3, -0.25) is 4.79 Å². The highest BCUT2D eigenvalue weighted by molar-refractivity contribution is 7.99. The molecule has 1 aromatic carbocycles. The minimum absolute atomic E-state index is 0.00218. The number of hydrogen-bond acceptors (Lipinski definition) is 3. The number of carbonyl (C=O) groups excluding carboxylic acids is 1. The van der Waals surface area contributed by atoms with Crippen LogP contribution in [0.4, 0.5) is 0 Å². The lowest BCUT2D eigenvalue weighted by molar-refractivity contribution is 0.0935. The fourth-order valence-corrected chi connectivity index (χ4v) is 3.27. The van der Waals surface area contributed by atoms with E-state index in [-0.39, 0.29) is 5.91 Å². The molecule has 17 heavy (non-hydrogen) atoms. The van der Waals surface area contributed by atoms with Crippen molar-refractivity contribution < 1.29 is 4.79 Å². The van der Waals surface area contributed by atoms with E-state index in [1.54, 1.807) is 0 Å². The molecule has 0 spiro atoms. The van der Waals surface area contributed by atoms with Gasteiger partial charge in [0.15, 0.2) is 0 Å². The smallest absolute Gasteiger partial charge is 0.252 e. The Labute approximate surface area is 112 Å². The third kappa shape index (κ3) is 3.19. The van der Waals surface area contributed by atoms with Crippen LogP contribution in [0, 0.1) is 0 Å². The molecule has 1 aliphatic carbocycles. The Bertz CT molecular complexity index is 408. The first kappa shape index (κ1) is 12.8. The van der Waals surface area contributed by atoms with Gasteiger partial charge in [0.2, 0.25) is 0 Å². The standard InChI is InChI=1S/C13H17NOS2/c1-17-10-7-6-9(8-10)14-13(15)11-4-2-3-5-12(11)16/h2-5,9-10,16H,6-8H2,1H3,(H,14,15). The van der Waals surface area contributed by atoms with Gasteiger partial charge in [0.25, 0.3) is 5.91 Å². The van der Waals surface area contributed by atoms with Crippen LogP contribution in [-0.2, 0) is 0 Å². The molecule has 2 rings (SSSR count). The van der Waals surface area contributed by atoms with Crippen molar-refractivity contribution in [2.75, 3.05) is 6.26 Å². The second kappa shape index (κ2) is 5.83. The van der Waals surface area contributed by atoms with Crippen LogP contribution in [-0.4, -0.2) is 23.5 Å². The Kier molecular flexibility index (Phi) is 4.40. The van der Waals surface area contributed by atoms with Gasteiger partial charge in [-0.25, -0.2) is 0 Å². The van der Waals surface area contributed by atoms with Crippen LogP contribution in [0.1, 0.15) is 29.6 Å². The van der Waals surface area contributed by atoms with Crippen molar-refractivity contribution in [3.8, 4) is 0 Å². The molecule has 0 radical (unpaired) electrons. The summed E-state index contributed by atoms with van der Waals surface area (Å²) in [5.74, 6) is 0.00218. The minimum Gasteiger partial charge on any atom is -0.349 e. The van der Waals surface area contributed by atoms with Crippen LogP contribution < -0.4 is 5.32 Å². The Morgan fingerprint density at radius 3 is 2.82 bits per heavy atom. The van der Waals surface area contributed by atoms with Crippen LogP contribution in [0.2, 0.25) is 0 Å². The summed E-state index contributed by atoms with van der Waals surface area (Å²) in [7, 11) is 0. The molecule has 2 atom stereocenters. The fraction of sp³-hybridized carbons (Fsp3) is 0.462. The normalized spacial score (nSPS) is 23.6. The zero-order chi connectivity index (χ0) is 12.3. The van der Waals surface area contributed by atoms with E-state index in [4.69, 9.17) is 0 Å². The highest BCUT2D eigenvalue weighted by atomic mass is 32.2. The molecular formula is C13H17NOS2. The van der Waals surface area contributed by atoms with Gasteiger partial charge in [0.1, 0.15) is 0 Å². The number of carbonyl (C=O) groups is 1. The Hall–Kier alpha value is -0.610. The van der Waals surface area contributed by atoms with Crippen molar-refractivity contribution in [2.45, 2.75) is 35.4 Å². The monoisotopic (exact) mass is 267 g/mol. The first-order valence-corrected chi connectivity index (χ1v) is 7.56. The number of nitrogens with one attached hydrogen (secondary N) is 1. The minimum atomic E-state index is 0.00218. The SMILES string of the molecule is CSC1CCC(NC(=O)c2ccccc2S)C1. The molecule has 4 heteroatoms. The average Bonchev–Trinajstić information content (AvgIpc) is 2.77. The Morgan fingerprint density at radius 2 is 2.18 bits per heavy atom. The van der Waals surface area contributed by atoms with Crippen molar-refractivity contribution in [1.82, 2.24) is 5.32 Å². The van der Waals surface area contributed by atoms with E-state index < -0.39 is 0 Å². The van der Waals surface area contributed by atoms with E-state index >= 15 is 0 Å². The molecule has 0 aliphatic heterocycles. The maximum Gasteiger partial charge on any atom is 0.252 e. The largest absolute Gasteiger partial charge is 0.349 e. The van der Waals surface area contributed by atoms with E-state index in [0.29, 0.717) is 16.9 Å². The van der Waals surface area contributed by atoms with Crippen LogP contribution in [0.15, 0.2) is 29.2 Å². The number of hydrogen-bond donors (Lipinski definition) is 2. The van der Waals surface area contributed by atoms with Crippen molar-refractivity contribution in [1.29, 1.82) is 0 Å². The van der Waals surface area contributed by atoms with Crippen LogP contribution in [0.5, 0.6) is 0 Å². The van der Waals surface area contributed by atoms with Gasteiger partial charge < -0.3 is 5.32 Å². The summed E-state index contributed by atoms with van der Waals surface area (Å²) in [5.41, 5.74) is 0.670. The van der Waals surface area contributed by atoms with Gasteiger partial charge in [-0.15, -0.1) is 12.6 Å². The highest BCUT2D eigenvalue weighted by Gasteiger charge is 2.25. The molecule has 1 aliphatic rings. The summed E-state index contributed by atoms with van der Waals surface area (Å²) < 4.78 is 0. The number of benzene rings is 1. The maximum atomic E-state index is 12.0. The lowest BCUT2D eigenvalue weighted by Crippen LogP contribution is -2.33. The second-order valence-corrected chi connectivity index (χ2v) is 5.98. The molecule has 1 N–H and O–H groups in total. The van der Waals surface area contributed by atoms with Crippen molar-refractivity contribution in [3.05, 3.63) is 29.8 Å². The Balaban J connectivity index is 1.96. The second-order valence-electron chi connectivity index (χ2n) is 4.36. The van der Waals surface area contributed by atoms with Gasteiger partial charge >= 0.3 is 0 Å². The summed E-state index contributed by atoms with van der Waals surface area (Å²) in [4.78, 5) is 12.8. The highest BCUT2D eigenvalue weighted by Crippen LogP contribution is 2.28. The van der Waals surface area contributed by atoms with Gasteiger partial charge in [-0.1, -0.05) is 12.1 Å².